The van der Waals surface area contributed by atoms with Gasteiger partial charge in [-0.05, 0) is 18.8 Å². The van der Waals surface area contributed by atoms with Crippen LogP contribution >= 0.6 is 0 Å². The molecule has 6 heteroatoms. The summed E-state index contributed by atoms with van der Waals surface area (Å²) >= 11 is 0. The number of aliphatic hydroxyl groups is 1. The van der Waals surface area contributed by atoms with Gasteiger partial charge < -0.3 is 5.11 Å². The van der Waals surface area contributed by atoms with Gasteiger partial charge in [-0.25, -0.2) is 0 Å². The number of hydrogen-bond acceptors (Lipinski definition) is 3. The molecule has 0 spiro atoms. The molecule has 1 heterocycles. The topological polar surface area (TPSA) is 69.6 Å². The van der Waals surface area contributed by atoms with Crippen molar-refractivity contribution in [2.75, 3.05) is 19.7 Å². The fraction of sp³-hybridized carbons (Fsp3) is 1.00. The fourth-order valence-electron chi connectivity index (χ4n) is 1.93. The first-order chi connectivity index (χ1) is 7.97. The summed E-state index contributed by atoms with van der Waals surface area (Å²) in [7, 11) is -3.44. The average Bonchev–Trinajstić information content (AvgIpc) is 2.54. The lowest BCUT2D eigenvalue weighted by atomic mass is 10.1. The Kier molecular flexibility index (Phi) is 5.85. The van der Waals surface area contributed by atoms with Crippen LogP contribution in [0.5, 0.6) is 0 Å². The summed E-state index contributed by atoms with van der Waals surface area (Å²) in [5.41, 5.74) is 0. The summed E-state index contributed by atoms with van der Waals surface area (Å²) in [5.74, 6) is 0.0850. The highest BCUT2D eigenvalue weighted by atomic mass is 32.2. The van der Waals surface area contributed by atoms with E-state index in [1.54, 1.807) is 0 Å². The molecule has 0 aromatic rings. The highest BCUT2D eigenvalue weighted by molar-refractivity contribution is 7.87. The van der Waals surface area contributed by atoms with Crippen molar-refractivity contribution < 1.29 is 13.5 Å². The second kappa shape index (κ2) is 6.68. The van der Waals surface area contributed by atoms with Crippen molar-refractivity contribution in [3.63, 3.8) is 0 Å². The van der Waals surface area contributed by atoms with E-state index in [2.05, 4.69) is 4.72 Å². The molecule has 0 saturated carbocycles. The maximum absolute atomic E-state index is 12.1. The zero-order valence-electron chi connectivity index (χ0n) is 10.7. The van der Waals surface area contributed by atoms with E-state index < -0.39 is 16.3 Å². The Morgan fingerprint density at radius 1 is 1.18 bits per heavy atom. The predicted molar refractivity (Wildman–Crippen MR) is 67.8 cm³/mol. The first kappa shape index (κ1) is 14.9. The van der Waals surface area contributed by atoms with Crippen molar-refractivity contribution in [3.8, 4) is 0 Å². The quantitative estimate of drug-likeness (QED) is 0.768. The van der Waals surface area contributed by atoms with Gasteiger partial charge in [-0.15, -0.1) is 0 Å². The standard InChI is InChI=1S/C11H24N2O3S/c1-10(2)11(9-14)12-17(15,16)13-7-5-3-4-6-8-13/h10-12,14H,3-9H2,1-2H3/t11-/m1/s1. The molecule has 0 aromatic carbocycles. The molecular formula is C11H24N2O3S. The van der Waals surface area contributed by atoms with Gasteiger partial charge in [0.15, 0.2) is 0 Å². The number of aliphatic hydroxyl groups excluding tert-OH is 1. The fourth-order valence-corrected chi connectivity index (χ4v) is 3.55. The maximum Gasteiger partial charge on any atom is 0.279 e. The van der Waals surface area contributed by atoms with E-state index in [1.165, 1.54) is 4.31 Å². The van der Waals surface area contributed by atoms with E-state index in [0.717, 1.165) is 25.7 Å². The third kappa shape index (κ3) is 4.54. The molecule has 0 aliphatic carbocycles. The molecule has 2 N–H and O–H groups in total. The van der Waals surface area contributed by atoms with E-state index in [4.69, 9.17) is 5.11 Å². The maximum atomic E-state index is 12.1. The normalized spacial score (nSPS) is 21.4. The summed E-state index contributed by atoms with van der Waals surface area (Å²) in [6, 6.07) is -0.400. The molecule has 0 radical (unpaired) electrons. The highest BCUT2D eigenvalue weighted by Gasteiger charge is 2.26. The summed E-state index contributed by atoms with van der Waals surface area (Å²) < 4.78 is 28.3. The molecule has 1 aliphatic rings. The van der Waals surface area contributed by atoms with Crippen LogP contribution in [0.3, 0.4) is 0 Å². The largest absolute Gasteiger partial charge is 0.395 e. The number of nitrogens with one attached hydrogen (secondary N) is 1. The Morgan fingerprint density at radius 2 is 1.71 bits per heavy atom. The molecule has 102 valence electrons. The molecular weight excluding hydrogens is 240 g/mol. The van der Waals surface area contributed by atoms with Gasteiger partial charge in [-0.2, -0.15) is 17.4 Å². The lowest BCUT2D eigenvalue weighted by Gasteiger charge is -2.25. The number of rotatable bonds is 5. The Bertz CT molecular complexity index is 309. The van der Waals surface area contributed by atoms with Gasteiger partial charge in [-0.1, -0.05) is 26.7 Å². The zero-order chi connectivity index (χ0) is 12.9. The molecule has 1 rings (SSSR count). The molecule has 0 aromatic heterocycles. The summed E-state index contributed by atoms with van der Waals surface area (Å²) in [5, 5.41) is 9.17. The van der Waals surface area contributed by atoms with Gasteiger partial charge in [0.2, 0.25) is 0 Å². The monoisotopic (exact) mass is 264 g/mol. The average molecular weight is 264 g/mol. The minimum absolute atomic E-state index is 0.0850. The van der Waals surface area contributed by atoms with Gasteiger partial charge in [0, 0.05) is 19.1 Å². The second-order valence-corrected chi connectivity index (χ2v) is 6.67. The molecule has 1 atom stereocenters. The highest BCUT2D eigenvalue weighted by Crippen LogP contribution is 2.13. The van der Waals surface area contributed by atoms with E-state index in [-0.39, 0.29) is 12.5 Å². The third-order valence-corrected chi connectivity index (χ3v) is 4.85. The molecule has 0 amide bonds. The van der Waals surface area contributed by atoms with Crippen LogP contribution in [0.4, 0.5) is 0 Å². The molecule has 1 aliphatic heterocycles. The Balaban J connectivity index is 2.65. The van der Waals surface area contributed by atoms with E-state index >= 15 is 0 Å². The number of nitrogens with zero attached hydrogens (tertiary/aromatic N) is 1. The SMILES string of the molecule is CC(C)[C@@H](CO)NS(=O)(=O)N1CCCCCC1. The first-order valence-electron chi connectivity index (χ1n) is 6.35. The van der Waals surface area contributed by atoms with Crippen molar-refractivity contribution in [1.82, 2.24) is 9.03 Å². The molecule has 1 saturated heterocycles. The Hall–Kier alpha value is -0.170. The van der Waals surface area contributed by atoms with Gasteiger partial charge in [-0.3, -0.25) is 0 Å². The van der Waals surface area contributed by atoms with Gasteiger partial charge in [0.25, 0.3) is 10.2 Å². The van der Waals surface area contributed by atoms with E-state index in [0.29, 0.717) is 13.1 Å². The lowest BCUT2D eigenvalue weighted by Crippen LogP contribution is -2.48. The predicted octanol–water partition coefficient (Wildman–Crippen LogP) is 0.714. The molecule has 1 fully saturated rings. The van der Waals surface area contributed by atoms with Crippen LogP contribution in [0.25, 0.3) is 0 Å². The minimum atomic E-state index is -3.44. The van der Waals surface area contributed by atoms with Gasteiger partial charge in [0.1, 0.15) is 0 Å². The smallest absolute Gasteiger partial charge is 0.279 e. The van der Waals surface area contributed by atoms with Crippen molar-refractivity contribution >= 4 is 10.2 Å². The molecule has 0 unspecified atom stereocenters. The molecule has 0 bridgehead atoms. The van der Waals surface area contributed by atoms with Crippen LogP contribution in [0, 0.1) is 5.92 Å². The van der Waals surface area contributed by atoms with Crippen LogP contribution in [0.2, 0.25) is 0 Å². The summed E-state index contributed by atoms with van der Waals surface area (Å²) in [6.45, 7) is 4.81. The lowest BCUT2D eigenvalue weighted by molar-refractivity contribution is 0.225. The van der Waals surface area contributed by atoms with Crippen LogP contribution < -0.4 is 4.72 Å². The summed E-state index contributed by atoms with van der Waals surface area (Å²) in [6.07, 6.45) is 4.04. The summed E-state index contributed by atoms with van der Waals surface area (Å²) in [4.78, 5) is 0. The Morgan fingerprint density at radius 3 is 2.12 bits per heavy atom. The minimum Gasteiger partial charge on any atom is -0.395 e. The van der Waals surface area contributed by atoms with E-state index in [1.807, 2.05) is 13.8 Å². The van der Waals surface area contributed by atoms with Crippen LogP contribution in [0.15, 0.2) is 0 Å². The third-order valence-electron chi connectivity index (χ3n) is 3.21. The van der Waals surface area contributed by atoms with Crippen molar-refractivity contribution in [2.24, 2.45) is 5.92 Å². The second-order valence-electron chi connectivity index (χ2n) is 4.97. The van der Waals surface area contributed by atoms with Crippen molar-refractivity contribution in [3.05, 3.63) is 0 Å². The number of hydrogen-bond donors (Lipinski definition) is 2. The van der Waals surface area contributed by atoms with Gasteiger partial charge in [0.05, 0.1) is 6.61 Å². The van der Waals surface area contributed by atoms with Crippen molar-refractivity contribution in [2.45, 2.75) is 45.6 Å². The van der Waals surface area contributed by atoms with E-state index in [9.17, 15) is 8.42 Å². The molecule has 5 nitrogen and oxygen atoms in total. The first-order valence-corrected chi connectivity index (χ1v) is 7.79. The van der Waals surface area contributed by atoms with Crippen LogP contribution in [-0.4, -0.2) is 43.6 Å². The van der Waals surface area contributed by atoms with Crippen molar-refractivity contribution in [1.29, 1.82) is 0 Å². The van der Waals surface area contributed by atoms with Crippen LogP contribution in [0.1, 0.15) is 39.5 Å². The zero-order valence-corrected chi connectivity index (χ0v) is 11.5. The van der Waals surface area contributed by atoms with Gasteiger partial charge >= 0.3 is 0 Å². The van der Waals surface area contributed by atoms with Crippen LogP contribution in [-0.2, 0) is 10.2 Å². The molecule has 17 heavy (non-hydrogen) atoms. The Labute approximate surface area is 104 Å².